The Balaban J connectivity index is 0.000000538. The van der Waals surface area contributed by atoms with Crippen molar-refractivity contribution in [1.82, 2.24) is 9.55 Å². The molecule has 2 heterocycles. The Morgan fingerprint density at radius 2 is 1.81 bits per heavy atom. The van der Waals surface area contributed by atoms with Gasteiger partial charge in [0.25, 0.3) is 0 Å². The van der Waals surface area contributed by atoms with Gasteiger partial charge >= 0.3 is 5.97 Å². The summed E-state index contributed by atoms with van der Waals surface area (Å²) in [5.41, 5.74) is 9.26. The van der Waals surface area contributed by atoms with Crippen molar-refractivity contribution in [1.29, 1.82) is 0 Å². The summed E-state index contributed by atoms with van der Waals surface area (Å²) >= 11 is 7.52. The lowest BCUT2D eigenvalue weighted by Gasteiger charge is -2.11. The van der Waals surface area contributed by atoms with E-state index in [1.54, 1.807) is 13.2 Å². The number of carbonyl (C=O) groups is 2. The minimum atomic E-state index is -0.950. The predicted octanol–water partition coefficient (Wildman–Crippen LogP) is 6.27. The van der Waals surface area contributed by atoms with Crippen LogP contribution < -0.4 is 10.5 Å². The molecule has 0 atom stereocenters. The van der Waals surface area contributed by atoms with E-state index >= 15 is 0 Å². The first-order chi connectivity index (χ1) is 17.2. The number of benzene rings is 2. The zero-order valence-electron chi connectivity index (χ0n) is 20.3. The van der Waals surface area contributed by atoms with Gasteiger partial charge in [-0.15, -0.1) is 11.3 Å². The fraction of sp³-hybridized carbons (Fsp3) is 0.222. The van der Waals surface area contributed by atoms with Gasteiger partial charge in [-0.2, -0.15) is 0 Å². The number of primary amides is 1. The van der Waals surface area contributed by atoms with Crippen LogP contribution in [0.25, 0.3) is 22.0 Å². The predicted molar refractivity (Wildman–Crippen MR) is 144 cm³/mol. The zero-order valence-corrected chi connectivity index (χ0v) is 21.9. The number of aromatic nitrogens is 2. The van der Waals surface area contributed by atoms with E-state index in [0.29, 0.717) is 23.7 Å². The number of nitrogens with two attached hydrogens (primary N) is 1. The summed E-state index contributed by atoms with van der Waals surface area (Å²) in [6.45, 7) is 4.27. The Morgan fingerprint density at radius 3 is 2.33 bits per heavy atom. The molecule has 7 nitrogen and oxygen atoms in total. The van der Waals surface area contributed by atoms with Crippen molar-refractivity contribution in [2.75, 3.05) is 7.11 Å². The number of methoxy groups -OCH3 is 1. The molecule has 2 aromatic heterocycles. The molecule has 0 aliphatic carbocycles. The number of hydrogen-bond donors (Lipinski definition) is 2. The summed E-state index contributed by atoms with van der Waals surface area (Å²) < 4.78 is 7.20. The standard InChI is InChI=1S/C23H19ClN2O3S.C4H9NO/c1-14-19(23(27)28)11-21(26(14)12-15-3-7-17(24)8-4-15)20-13-30-22(25-20)16-5-9-18(29-2)10-6-16;1-2-3-4(5)6/h3-11,13H,12H2,1-2H3,(H,27,28);2-3H2,1H3,(H2,5,6). The molecule has 4 aromatic rings. The monoisotopic (exact) mass is 525 g/mol. The van der Waals surface area contributed by atoms with Crippen molar-refractivity contribution >= 4 is 34.8 Å². The van der Waals surface area contributed by atoms with Gasteiger partial charge < -0.3 is 20.1 Å². The smallest absolute Gasteiger partial charge is 0.337 e. The normalized spacial score (nSPS) is 10.4. The fourth-order valence-electron chi connectivity index (χ4n) is 3.55. The minimum absolute atomic E-state index is 0.211. The maximum absolute atomic E-state index is 11.7. The molecule has 0 aliphatic heterocycles. The summed E-state index contributed by atoms with van der Waals surface area (Å²) in [5.74, 6) is -0.374. The van der Waals surface area contributed by atoms with Gasteiger partial charge in [0.05, 0.1) is 24.1 Å². The average molecular weight is 526 g/mol. The van der Waals surface area contributed by atoms with E-state index in [2.05, 4.69) is 0 Å². The second-order valence-electron chi connectivity index (χ2n) is 8.03. The van der Waals surface area contributed by atoms with Gasteiger partial charge in [-0.1, -0.05) is 30.7 Å². The van der Waals surface area contributed by atoms with Crippen LogP contribution in [-0.2, 0) is 11.3 Å². The molecule has 4 rings (SSSR count). The molecule has 0 unspecified atom stereocenters. The summed E-state index contributed by atoms with van der Waals surface area (Å²) in [4.78, 5) is 26.3. The highest BCUT2D eigenvalue weighted by Crippen LogP contribution is 2.32. The third-order valence-electron chi connectivity index (χ3n) is 5.45. The maximum atomic E-state index is 11.7. The van der Waals surface area contributed by atoms with Crippen LogP contribution in [0, 0.1) is 6.92 Å². The first-order valence-electron chi connectivity index (χ1n) is 11.3. The van der Waals surface area contributed by atoms with Gasteiger partial charge in [0, 0.05) is 34.6 Å². The molecule has 0 aliphatic rings. The van der Waals surface area contributed by atoms with Crippen LogP contribution in [-0.4, -0.2) is 33.6 Å². The molecule has 0 radical (unpaired) electrons. The lowest BCUT2D eigenvalue weighted by atomic mass is 10.2. The Kier molecular flexibility index (Phi) is 9.27. The lowest BCUT2D eigenvalue weighted by Crippen LogP contribution is -2.08. The lowest BCUT2D eigenvalue weighted by molar-refractivity contribution is -0.118. The molecule has 0 spiro atoms. The van der Waals surface area contributed by atoms with Crippen molar-refractivity contribution in [3.8, 4) is 27.7 Å². The van der Waals surface area contributed by atoms with Crippen LogP contribution in [0.2, 0.25) is 5.02 Å². The maximum Gasteiger partial charge on any atom is 0.337 e. The topological polar surface area (TPSA) is 107 Å². The Bertz CT molecular complexity index is 1330. The second kappa shape index (κ2) is 12.4. The Morgan fingerprint density at radius 1 is 1.14 bits per heavy atom. The third-order valence-corrected chi connectivity index (χ3v) is 6.59. The number of rotatable bonds is 8. The number of nitrogens with zero attached hydrogens (tertiary/aromatic N) is 2. The van der Waals surface area contributed by atoms with Crippen molar-refractivity contribution in [2.24, 2.45) is 5.73 Å². The summed E-state index contributed by atoms with van der Waals surface area (Å²) in [7, 11) is 1.63. The van der Waals surface area contributed by atoms with Gasteiger partial charge in [-0.3, -0.25) is 4.79 Å². The molecular weight excluding hydrogens is 498 g/mol. The first-order valence-corrected chi connectivity index (χ1v) is 12.6. The SMILES string of the molecule is CCCC(N)=O.COc1ccc(-c2nc(-c3cc(C(=O)O)c(C)n3Cc3ccc(Cl)cc3)cs2)cc1. The van der Waals surface area contributed by atoms with Gasteiger partial charge in [-0.25, -0.2) is 9.78 Å². The fourth-order valence-corrected chi connectivity index (χ4v) is 4.50. The average Bonchev–Trinajstić information content (AvgIpc) is 3.46. The number of aromatic carboxylic acids is 1. The number of carboxylic acid groups (broad SMARTS) is 1. The highest BCUT2D eigenvalue weighted by molar-refractivity contribution is 7.13. The van der Waals surface area contributed by atoms with E-state index in [1.807, 2.05) is 72.3 Å². The highest BCUT2D eigenvalue weighted by Gasteiger charge is 2.20. The van der Waals surface area contributed by atoms with E-state index in [9.17, 15) is 14.7 Å². The van der Waals surface area contributed by atoms with Crippen LogP contribution in [0.4, 0.5) is 0 Å². The molecule has 0 saturated heterocycles. The number of carboxylic acids is 1. The van der Waals surface area contributed by atoms with Gasteiger partial charge in [-0.05, 0) is 61.4 Å². The molecule has 0 saturated carbocycles. The third kappa shape index (κ3) is 6.74. The summed E-state index contributed by atoms with van der Waals surface area (Å²) in [6, 6.07) is 16.9. The molecule has 36 heavy (non-hydrogen) atoms. The number of ether oxygens (including phenoxy) is 1. The quantitative estimate of drug-likeness (QED) is 0.282. The van der Waals surface area contributed by atoms with Crippen LogP contribution >= 0.6 is 22.9 Å². The molecule has 3 N–H and O–H groups in total. The number of halogens is 1. The van der Waals surface area contributed by atoms with Crippen molar-refractivity contribution in [3.05, 3.63) is 81.8 Å². The largest absolute Gasteiger partial charge is 0.497 e. The highest BCUT2D eigenvalue weighted by atomic mass is 35.5. The Hall–Kier alpha value is -3.62. The first kappa shape index (κ1) is 27.0. The second-order valence-corrected chi connectivity index (χ2v) is 9.32. The molecule has 188 valence electrons. The van der Waals surface area contributed by atoms with Gasteiger partial charge in [0.15, 0.2) is 0 Å². The molecular formula is C27H28ClN3O4S. The molecule has 0 fully saturated rings. The van der Waals surface area contributed by atoms with E-state index < -0.39 is 5.97 Å². The number of amides is 1. The van der Waals surface area contributed by atoms with Crippen molar-refractivity contribution < 1.29 is 19.4 Å². The van der Waals surface area contributed by atoms with Crippen molar-refractivity contribution in [3.63, 3.8) is 0 Å². The molecule has 1 amide bonds. The van der Waals surface area contributed by atoms with E-state index in [-0.39, 0.29) is 11.5 Å². The summed E-state index contributed by atoms with van der Waals surface area (Å²) in [5, 5.41) is 13.1. The molecule has 0 bridgehead atoms. The van der Waals surface area contributed by atoms with Gasteiger partial charge in [0.1, 0.15) is 10.8 Å². The zero-order chi connectivity index (χ0) is 26.2. The number of carbonyl (C=O) groups excluding carboxylic acids is 1. The van der Waals surface area contributed by atoms with E-state index in [0.717, 1.165) is 39.7 Å². The van der Waals surface area contributed by atoms with Crippen LogP contribution in [0.3, 0.4) is 0 Å². The van der Waals surface area contributed by atoms with Crippen LogP contribution in [0.15, 0.2) is 60.0 Å². The van der Waals surface area contributed by atoms with Crippen LogP contribution in [0.5, 0.6) is 5.75 Å². The van der Waals surface area contributed by atoms with Crippen molar-refractivity contribution in [2.45, 2.75) is 33.2 Å². The number of thiazole rings is 1. The van der Waals surface area contributed by atoms with E-state index in [4.69, 9.17) is 27.1 Å². The number of hydrogen-bond acceptors (Lipinski definition) is 5. The van der Waals surface area contributed by atoms with E-state index in [1.165, 1.54) is 11.3 Å². The van der Waals surface area contributed by atoms with Gasteiger partial charge in [0.2, 0.25) is 5.91 Å². The molecule has 9 heteroatoms. The minimum Gasteiger partial charge on any atom is -0.497 e. The Labute approximate surface area is 219 Å². The van der Waals surface area contributed by atoms with Crippen LogP contribution in [0.1, 0.15) is 41.4 Å². The molecule has 2 aromatic carbocycles. The summed E-state index contributed by atoms with van der Waals surface area (Å²) in [6.07, 6.45) is 1.37.